The molecule has 0 saturated carbocycles. The quantitative estimate of drug-likeness (QED) is 0.884. The van der Waals surface area contributed by atoms with Crippen molar-refractivity contribution in [1.29, 1.82) is 0 Å². The third-order valence-electron chi connectivity index (χ3n) is 1.81. The maximum absolute atomic E-state index is 11.6. The van der Waals surface area contributed by atoms with Crippen LogP contribution in [0.2, 0.25) is 0 Å². The second kappa shape index (κ2) is 5.27. The molecule has 0 fully saturated rings. The van der Waals surface area contributed by atoms with Gasteiger partial charge in [0.25, 0.3) is 5.91 Å². The lowest BCUT2D eigenvalue weighted by molar-refractivity contribution is -0.122. The highest BCUT2D eigenvalue weighted by Crippen LogP contribution is 2.22. The summed E-state index contributed by atoms with van der Waals surface area (Å²) in [7, 11) is 1.53. The van der Waals surface area contributed by atoms with E-state index in [1.165, 1.54) is 18.4 Å². The summed E-state index contributed by atoms with van der Waals surface area (Å²) in [5.74, 6) is -0.455. The number of hydrogen-bond acceptors (Lipinski definition) is 3. The zero-order valence-corrected chi connectivity index (χ0v) is 10.7. The molecule has 0 bridgehead atoms. The molecule has 0 spiro atoms. The first-order chi connectivity index (χ1) is 7.06. The van der Waals surface area contributed by atoms with Gasteiger partial charge in [-0.15, -0.1) is 11.3 Å². The highest BCUT2D eigenvalue weighted by Gasteiger charge is 2.17. The van der Waals surface area contributed by atoms with Crippen LogP contribution in [-0.2, 0) is 4.79 Å². The Bertz CT molecular complexity index is 378. The Hall–Kier alpha value is -0.880. The van der Waals surface area contributed by atoms with Gasteiger partial charge in [0.05, 0.1) is 0 Å². The lowest BCUT2D eigenvalue weighted by Crippen LogP contribution is -2.43. The summed E-state index contributed by atoms with van der Waals surface area (Å²) < 4.78 is 0.745. The summed E-state index contributed by atoms with van der Waals surface area (Å²) in [6, 6.07) is 1.26. The molecule has 82 valence electrons. The number of thiophene rings is 1. The number of nitrogens with one attached hydrogen (secondary N) is 2. The maximum Gasteiger partial charge on any atom is 0.263 e. The molecule has 0 aliphatic heterocycles. The van der Waals surface area contributed by atoms with E-state index in [9.17, 15) is 9.59 Å². The second-order valence-corrected chi connectivity index (χ2v) is 4.68. The molecule has 1 atom stereocenters. The van der Waals surface area contributed by atoms with Gasteiger partial charge in [-0.1, -0.05) is 0 Å². The molecule has 15 heavy (non-hydrogen) atoms. The molecule has 2 N–H and O–H groups in total. The largest absolute Gasteiger partial charge is 0.357 e. The fourth-order valence-corrected chi connectivity index (χ4v) is 2.45. The zero-order chi connectivity index (χ0) is 11.4. The summed E-state index contributed by atoms with van der Waals surface area (Å²) in [4.78, 5) is 23.4. The van der Waals surface area contributed by atoms with E-state index in [4.69, 9.17) is 0 Å². The summed E-state index contributed by atoms with van der Waals surface area (Å²) in [6.07, 6.45) is 0. The minimum atomic E-state index is -0.531. The van der Waals surface area contributed by atoms with Crippen LogP contribution in [0.5, 0.6) is 0 Å². The van der Waals surface area contributed by atoms with E-state index >= 15 is 0 Å². The average molecular weight is 291 g/mol. The molecular formula is C9H11BrN2O2S. The number of halogens is 1. The lowest BCUT2D eigenvalue weighted by atomic mass is 10.3. The molecule has 4 nitrogen and oxygen atoms in total. The molecule has 0 saturated heterocycles. The second-order valence-electron chi connectivity index (χ2n) is 2.91. The van der Waals surface area contributed by atoms with Gasteiger partial charge in [0.2, 0.25) is 5.91 Å². The predicted octanol–water partition coefficient (Wildman–Crippen LogP) is 1.37. The van der Waals surface area contributed by atoms with Crippen molar-refractivity contribution in [2.24, 2.45) is 0 Å². The Balaban J connectivity index is 2.64. The van der Waals surface area contributed by atoms with E-state index in [2.05, 4.69) is 26.6 Å². The van der Waals surface area contributed by atoms with Gasteiger partial charge in [-0.25, -0.2) is 0 Å². The smallest absolute Gasteiger partial charge is 0.263 e. The van der Waals surface area contributed by atoms with Crippen LogP contribution in [0.1, 0.15) is 16.6 Å². The fraction of sp³-hybridized carbons (Fsp3) is 0.333. The van der Waals surface area contributed by atoms with Gasteiger partial charge in [0, 0.05) is 11.5 Å². The van der Waals surface area contributed by atoms with Gasteiger partial charge in [-0.05, 0) is 34.3 Å². The normalized spacial score (nSPS) is 11.9. The molecule has 0 aliphatic rings. The zero-order valence-electron chi connectivity index (χ0n) is 8.33. The van der Waals surface area contributed by atoms with Gasteiger partial charge < -0.3 is 10.6 Å². The lowest BCUT2D eigenvalue weighted by Gasteiger charge is -2.11. The average Bonchev–Trinajstić information content (AvgIpc) is 2.63. The molecule has 6 heteroatoms. The van der Waals surface area contributed by atoms with Crippen molar-refractivity contribution in [2.45, 2.75) is 13.0 Å². The number of carbonyl (C=O) groups is 2. The highest BCUT2D eigenvalue weighted by atomic mass is 79.9. The van der Waals surface area contributed by atoms with Crippen LogP contribution in [0.25, 0.3) is 0 Å². The SMILES string of the molecule is CNC(=O)C(C)NC(=O)c1sccc1Br. The van der Waals surface area contributed by atoms with Gasteiger partial charge >= 0.3 is 0 Å². The van der Waals surface area contributed by atoms with E-state index < -0.39 is 6.04 Å². The molecule has 0 radical (unpaired) electrons. The van der Waals surface area contributed by atoms with Gasteiger partial charge in [-0.3, -0.25) is 9.59 Å². The highest BCUT2D eigenvalue weighted by molar-refractivity contribution is 9.10. The molecule has 0 aromatic carbocycles. The van der Waals surface area contributed by atoms with Crippen LogP contribution < -0.4 is 10.6 Å². The Morgan fingerprint density at radius 2 is 2.20 bits per heavy atom. The monoisotopic (exact) mass is 290 g/mol. The van der Waals surface area contributed by atoms with Crippen molar-refractivity contribution in [3.05, 3.63) is 20.8 Å². The maximum atomic E-state index is 11.6. The van der Waals surface area contributed by atoms with Crippen LogP contribution in [0, 0.1) is 0 Å². The van der Waals surface area contributed by atoms with Gasteiger partial charge in [0.1, 0.15) is 10.9 Å². The minimum absolute atomic E-state index is 0.212. The summed E-state index contributed by atoms with van der Waals surface area (Å²) in [5.41, 5.74) is 0. The Labute approximate surface area is 100 Å². The first-order valence-electron chi connectivity index (χ1n) is 4.31. The summed E-state index contributed by atoms with van der Waals surface area (Å²) in [6.45, 7) is 1.64. The predicted molar refractivity (Wildman–Crippen MR) is 63.0 cm³/mol. The number of amides is 2. The molecule has 1 rings (SSSR count). The van der Waals surface area contributed by atoms with Crippen LogP contribution >= 0.6 is 27.3 Å². The van der Waals surface area contributed by atoms with E-state index in [0.29, 0.717) is 4.88 Å². The van der Waals surface area contributed by atoms with Crippen molar-refractivity contribution in [3.8, 4) is 0 Å². The first kappa shape index (κ1) is 12.2. The van der Waals surface area contributed by atoms with Gasteiger partial charge in [-0.2, -0.15) is 0 Å². The van der Waals surface area contributed by atoms with Crippen molar-refractivity contribution < 1.29 is 9.59 Å². The van der Waals surface area contributed by atoms with E-state index in [1.54, 1.807) is 13.0 Å². The molecule has 2 amide bonds. The molecule has 1 aromatic heterocycles. The third-order valence-corrected chi connectivity index (χ3v) is 3.65. The topological polar surface area (TPSA) is 58.2 Å². The number of hydrogen-bond donors (Lipinski definition) is 2. The standard InChI is InChI=1S/C9H11BrN2O2S/c1-5(8(13)11-2)12-9(14)7-6(10)3-4-15-7/h3-5H,1-2H3,(H,11,13)(H,12,14). The summed E-state index contributed by atoms with van der Waals surface area (Å²) in [5, 5.41) is 6.88. The fourth-order valence-electron chi connectivity index (χ4n) is 1.000. The third kappa shape index (κ3) is 3.04. The van der Waals surface area contributed by atoms with Gasteiger partial charge in [0.15, 0.2) is 0 Å². The number of carbonyl (C=O) groups excluding carboxylic acids is 2. The minimum Gasteiger partial charge on any atom is -0.357 e. The molecular weight excluding hydrogens is 280 g/mol. The van der Waals surface area contributed by atoms with Crippen molar-refractivity contribution in [2.75, 3.05) is 7.05 Å². The molecule has 1 aromatic rings. The molecule has 1 unspecified atom stereocenters. The Morgan fingerprint density at radius 3 is 2.67 bits per heavy atom. The first-order valence-corrected chi connectivity index (χ1v) is 5.99. The van der Waals surface area contributed by atoms with Crippen LogP contribution in [0.3, 0.4) is 0 Å². The number of rotatable bonds is 3. The number of likely N-dealkylation sites (N-methyl/N-ethyl adjacent to an activating group) is 1. The van der Waals surface area contributed by atoms with E-state index in [1.807, 2.05) is 5.38 Å². The van der Waals surface area contributed by atoms with Crippen LogP contribution in [-0.4, -0.2) is 24.9 Å². The van der Waals surface area contributed by atoms with E-state index in [0.717, 1.165) is 4.47 Å². The molecule has 1 heterocycles. The van der Waals surface area contributed by atoms with E-state index in [-0.39, 0.29) is 11.8 Å². The molecule has 0 aliphatic carbocycles. The Morgan fingerprint density at radius 1 is 1.53 bits per heavy atom. The van der Waals surface area contributed by atoms with Crippen LogP contribution in [0.15, 0.2) is 15.9 Å². The van der Waals surface area contributed by atoms with Crippen LogP contribution in [0.4, 0.5) is 0 Å². The Kier molecular flexibility index (Phi) is 4.28. The van der Waals surface area contributed by atoms with Crippen molar-refractivity contribution >= 4 is 39.1 Å². The van der Waals surface area contributed by atoms with Crippen molar-refractivity contribution in [1.82, 2.24) is 10.6 Å². The van der Waals surface area contributed by atoms with Crippen molar-refractivity contribution in [3.63, 3.8) is 0 Å². The summed E-state index contributed by atoms with van der Waals surface area (Å²) >= 11 is 4.59.